The van der Waals surface area contributed by atoms with Crippen molar-refractivity contribution in [3.8, 4) is 0 Å². The van der Waals surface area contributed by atoms with Crippen LogP contribution in [0.3, 0.4) is 0 Å². The van der Waals surface area contributed by atoms with Crippen LogP contribution in [0, 0.1) is 5.82 Å². The molecule has 0 fully saturated rings. The Balaban J connectivity index is 2.39. The van der Waals surface area contributed by atoms with Gasteiger partial charge in [-0.25, -0.2) is 4.39 Å². The standard InChI is InChI=1S/C12H16ClF/c1-2-3-4-5-6-10-7-8-12(14)11(13)9-10/h7-9H,2-6H2,1H3. The minimum Gasteiger partial charge on any atom is -0.205 e. The van der Waals surface area contributed by atoms with E-state index in [0.29, 0.717) is 0 Å². The van der Waals surface area contributed by atoms with Crippen molar-refractivity contribution >= 4 is 11.6 Å². The molecule has 0 aliphatic heterocycles. The molecule has 2 heteroatoms. The SMILES string of the molecule is CCCCCCc1ccc(F)c(Cl)c1. The van der Waals surface area contributed by atoms with Gasteiger partial charge < -0.3 is 0 Å². The first kappa shape index (κ1) is 11.5. The second-order valence-corrected chi connectivity index (χ2v) is 3.97. The molecular weight excluding hydrogens is 199 g/mol. The number of unbranched alkanes of at least 4 members (excludes halogenated alkanes) is 3. The number of benzene rings is 1. The Bertz CT molecular complexity index is 284. The molecular formula is C12H16ClF. The molecule has 0 amide bonds. The van der Waals surface area contributed by atoms with Gasteiger partial charge in [0.25, 0.3) is 0 Å². The fourth-order valence-corrected chi connectivity index (χ4v) is 1.65. The molecule has 0 nitrogen and oxygen atoms in total. The first-order valence-corrected chi connectivity index (χ1v) is 5.55. The largest absolute Gasteiger partial charge is 0.205 e. The Kier molecular flexibility index (Phi) is 4.95. The van der Waals surface area contributed by atoms with Crippen LogP contribution in [-0.2, 0) is 6.42 Å². The van der Waals surface area contributed by atoms with Crippen molar-refractivity contribution in [3.05, 3.63) is 34.6 Å². The van der Waals surface area contributed by atoms with Crippen molar-refractivity contribution in [1.82, 2.24) is 0 Å². The molecule has 0 radical (unpaired) electrons. The molecule has 0 bridgehead atoms. The number of hydrogen-bond donors (Lipinski definition) is 0. The van der Waals surface area contributed by atoms with Gasteiger partial charge in [0.15, 0.2) is 0 Å². The Labute approximate surface area is 90.1 Å². The lowest BCUT2D eigenvalue weighted by molar-refractivity contribution is 0.625. The average molecular weight is 215 g/mol. The Morgan fingerprint density at radius 3 is 2.64 bits per heavy atom. The lowest BCUT2D eigenvalue weighted by Gasteiger charge is -2.02. The van der Waals surface area contributed by atoms with Gasteiger partial charge in [-0.05, 0) is 30.5 Å². The van der Waals surface area contributed by atoms with E-state index < -0.39 is 0 Å². The Morgan fingerprint density at radius 2 is 2.00 bits per heavy atom. The zero-order valence-corrected chi connectivity index (χ0v) is 9.28. The van der Waals surface area contributed by atoms with Crippen LogP contribution in [0.25, 0.3) is 0 Å². The normalized spacial score (nSPS) is 10.5. The van der Waals surface area contributed by atoms with Crippen LogP contribution in [0.2, 0.25) is 5.02 Å². The molecule has 0 aliphatic rings. The van der Waals surface area contributed by atoms with Gasteiger partial charge in [0.2, 0.25) is 0 Å². The van der Waals surface area contributed by atoms with Crippen LogP contribution in [0.5, 0.6) is 0 Å². The summed E-state index contributed by atoms with van der Waals surface area (Å²) in [6.07, 6.45) is 5.92. The van der Waals surface area contributed by atoms with Crippen LogP contribution >= 0.6 is 11.6 Å². The van der Waals surface area contributed by atoms with Gasteiger partial charge in [0.1, 0.15) is 5.82 Å². The topological polar surface area (TPSA) is 0 Å². The van der Waals surface area contributed by atoms with Crippen molar-refractivity contribution in [2.75, 3.05) is 0 Å². The average Bonchev–Trinajstić information content (AvgIpc) is 2.18. The van der Waals surface area contributed by atoms with E-state index in [2.05, 4.69) is 6.92 Å². The first-order chi connectivity index (χ1) is 6.74. The lowest BCUT2D eigenvalue weighted by atomic mass is 10.1. The summed E-state index contributed by atoms with van der Waals surface area (Å²) in [6, 6.07) is 4.98. The van der Waals surface area contributed by atoms with E-state index in [1.54, 1.807) is 6.07 Å². The summed E-state index contributed by atoms with van der Waals surface area (Å²) >= 11 is 5.68. The van der Waals surface area contributed by atoms with Crippen molar-refractivity contribution in [1.29, 1.82) is 0 Å². The fraction of sp³-hybridized carbons (Fsp3) is 0.500. The molecule has 0 aromatic heterocycles. The van der Waals surface area contributed by atoms with E-state index in [4.69, 9.17) is 11.6 Å². The predicted molar refractivity (Wildman–Crippen MR) is 59.3 cm³/mol. The third kappa shape index (κ3) is 3.67. The van der Waals surface area contributed by atoms with E-state index >= 15 is 0 Å². The molecule has 0 saturated carbocycles. The fourth-order valence-electron chi connectivity index (χ4n) is 1.45. The van der Waals surface area contributed by atoms with Gasteiger partial charge >= 0.3 is 0 Å². The second-order valence-electron chi connectivity index (χ2n) is 3.56. The van der Waals surface area contributed by atoms with Gasteiger partial charge in [-0.1, -0.05) is 43.9 Å². The van der Waals surface area contributed by atoms with E-state index in [1.807, 2.05) is 6.07 Å². The quantitative estimate of drug-likeness (QED) is 0.629. The minimum atomic E-state index is -0.330. The zero-order chi connectivity index (χ0) is 10.4. The van der Waals surface area contributed by atoms with Crippen LogP contribution in [0.15, 0.2) is 18.2 Å². The Morgan fingerprint density at radius 1 is 1.21 bits per heavy atom. The van der Waals surface area contributed by atoms with Gasteiger partial charge in [-0.3, -0.25) is 0 Å². The molecule has 0 aliphatic carbocycles. The third-order valence-corrected chi connectivity index (χ3v) is 2.59. The molecule has 0 unspecified atom stereocenters. The van der Waals surface area contributed by atoms with E-state index in [0.717, 1.165) is 18.4 Å². The summed E-state index contributed by atoms with van der Waals surface area (Å²) in [5.41, 5.74) is 1.13. The summed E-state index contributed by atoms with van der Waals surface area (Å²) in [7, 11) is 0. The molecule has 1 rings (SSSR count). The highest BCUT2D eigenvalue weighted by Gasteiger charge is 2.00. The predicted octanol–water partition coefficient (Wildman–Crippen LogP) is 4.60. The number of rotatable bonds is 5. The summed E-state index contributed by atoms with van der Waals surface area (Å²) < 4.78 is 12.8. The molecule has 0 N–H and O–H groups in total. The summed E-state index contributed by atoms with van der Waals surface area (Å²) in [6.45, 7) is 2.19. The van der Waals surface area contributed by atoms with Crippen LogP contribution in [0.1, 0.15) is 38.2 Å². The smallest absolute Gasteiger partial charge is 0.141 e. The maximum atomic E-state index is 12.8. The summed E-state index contributed by atoms with van der Waals surface area (Å²) in [5.74, 6) is -0.330. The maximum Gasteiger partial charge on any atom is 0.141 e. The summed E-state index contributed by atoms with van der Waals surface area (Å²) in [5, 5.41) is 0.234. The maximum absolute atomic E-state index is 12.8. The number of aryl methyl sites for hydroxylation is 1. The molecule has 1 aromatic rings. The minimum absolute atomic E-state index is 0.234. The van der Waals surface area contributed by atoms with Crippen LogP contribution in [-0.4, -0.2) is 0 Å². The third-order valence-electron chi connectivity index (χ3n) is 2.30. The lowest BCUT2D eigenvalue weighted by Crippen LogP contribution is -1.87. The van der Waals surface area contributed by atoms with Crippen molar-refractivity contribution < 1.29 is 4.39 Å². The van der Waals surface area contributed by atoms with Gasteiger partial charge in [-0.2, -0.15) is 0 Å². The Hall–Kier alpha value is -0.560. The molecule has 0 saturated heterocycles. The van der Waals surface area contributed by atoms with E-state index in [1.165, 1.54) is 25.3 Å². The molecule has 14 heavy (non-hydrogen) atoms. The molecule has 1 aromatic carbocycles. The molecule has 0 heterocycles. The van der Waals surface area contributed by atoms with Gasteiger partial charge in [0.05, 0.1) is 5.02 Å². The highest BCUT2D eigenvalue weighted by atomic mass is 35.5. The second kappa shape index (κ2) is 6.02. The number of hydrogen-bond acceptors (Lipinski definition) is 0. The monoisotopic (exact) mass is 214 g/mol. The van der Waals surface area contributed by atoms with E-state index in [9.17, 15) is 4.39 Å². The van der Waals surface area contributed by atoms with Crippen molar-refractivity contribution in [2.24, 2.45) is 0 Å². The van der Waals surface area contributed by atoms with Crippen molar-refractivity contribution in [3.63, 3.8) is 0 Å². The van der Waals surface area contributed by atoms with Crippen LogP contribution in [0.4, 0.5) is 4.39 Å². The zero-order valence-electron chi connectivity index (χ0n) is 8.52. The summed E-state index contributed by atoms with van der Waals surface area (Å²) in [4.78, 5) is 0. The number of halogens is 2. The highest BCUT2D eigenvalue weighted by Crippen LogP contribution is 2.17. The van der Waals surface area contributed by atoms with Crippen molar-refractivity contribution in [2.45, 2.75) is 39.0 Å². The first-order valence-electron chi connectivity index (χ1n) is 5.18. The van der Waals surface area contributed by atoms with Gasteiger partial charge in [-0.15, -0.1) is 0 Å². The highest BCUT2D eigenvalue weighted by molar-refractivity contribution is 6.30. The molecule has 0 atom stereocenters. The molecule has 0 spiro atoms. The molecule has 78 valence electrons. The van der Waals surface area contributed by atoms with Crippen LogP contribution < -0.4 is 0 Å². The van der Waals surface area contributed by atoms with E-state index in [-0.39, 0.29) is 10.8 Å². The van der Waals surface area contributed by atoms with Gasteiger partial charge in [0, 0.05) is 0 Å².